The molecule has 1 saturated carbocycles. The quantitative estimate of drug-likeness (QED) is 0.626. The third kappa shape index (κ3) is 3.71. The summed E-state index contributed by atoms with van der Waals surface area (Å²) < 4.78 is 41.9. The average molecular weight is 464 g/mol. The van der Waals surface area contributed by atoms with Crippen LogP contribution in [0.15, 0.2) is 40.9 Å². The molecule has 1 spiro atoms. The van der Waals surface area contributed by atoms with Gasteiger partial charge in [-0.15, -0.1) is 0 Å². The maximum Gasteiger partial charge on any atom is 0.434 e. The van der Waals surface area contributed by atoms with Gasteiger partial charge in [0.05, 0.1) is 9.79 Å². The molecule has 1 saturated heterocycles. The Morgan fingerprint density at radius 1 is 1.09 bits per heavy atom. The van der Waals surface area contributed by atoms with Crippen molar-refractivity contribution in [3.8, 4) is 0 Å². The second-order valence-corrected chi connectivity index (χ2v) is 9.55. The monoisotopic (exact) mass is 463 g/mol. The van der Waals surface area contributed by atoms with Crippen LogP contribution in [0.25, 0.3) is 5.65 Å². The van der Waals surface area contributed by atoms with Crippen LogP contribution in [-0.4, -0.2) is 50.5 Å². The number of alkyl halides is 3. The molecule has 11 heteroatoms. The molecule has 0 aromatic carbocycles. The van der Waals surface area contributed by atoms with Crippen molar-refractivity contribution in [2.75, 3.05) is 25.0 Å². The number of nitrogens with one attached hydrogen (secondary N) is 1. The van der Waals surface area contributed by atoms with Crippen molar-refractivity contribution in [3.63, 3.8) is 0 Å². The number of rotatable bonds is 4. The van der Waals surface area contributed by atoms with Crippen LogP contribution >= 0.6 is 11.8 Å². The number of aromatic nitrogens is 5. The third-order valence-corrected chi connectivity index (χ3v) is 7.86. The van der Waals surface area contributed by atoms with E-state index in [9.17, 15) is 13.2 Å². The topological polar surface area (TPSA) is 71.2 Å². The molecule has 2 aliphatic rings. The fourth-order valence-electron chi connectivity index (χ4n) is 5.25. The van der Waals surface area contributed by atoms with Gasteiger partial charge in [-0.25, -0.2) is 19.9 Å². The van der Waals surface area contributed by atoms with E-state index in [1.807, 2.05) is 10.6 Å². The molecule has 0 bridgehead atoms. The van der Waals surface area contributed by atoms with Crippen molar-refractivity contribution in [2.45, 2.75) is 54.1 Å². The zero-order valence-electron chi connectivity index (χ0n) is 17.6. The predicted octanol–water partition coefficient (Wildman–Crippen LogP) is 4.05. The predicted molar refractivity (Wildman–Crippen MR) is 115 cm³/mol. The Morgan fingerprint density at radius 2 is 1.91 bits per heavy atom. The Morgan fingerprint density at radius 3 is 2.66 bits per heavy atom. The lowest BCUT2D eigenvalue weighted by molar-refractivity contribution is -0.143. The summed E-state index contributed by atoms with van der Waals surface area (Å²) in [5, 5.41) is 3.51. The molecule has 0 radical (unpaired) electrons. The molecule has 2 fully saturated rings. The van der Waals surface area contributed by atoms with Gasteiger partial charge in [0.2, 0.25) is 5.95 Å². The number of hydrogen-bond acceptors (Lipinski definition) is 7. The largest absolute Gasteiger partial charge is 0.434 e. The number of nitrogens with zero attached hydrogens (tertiary/aromatic N) is 6. The SMILES string of the molecule is CN[C@@H]1CCCC12CCN(c1ncc(Sc3cncnc3C(F)(F)F)c3nccn13)CC2. The van der Waals surface area contributed by atoms with Gasteiger partial charge in [-0.1, -0.05) is 18.2 Å². The number of anilines is 1. The van der Waals surface area contributed by atoms with E-state index in [0.717, 1.165) is 50.0 Å². The first-order valence-corrected chi connectivity index (χ1v) is 11.5. The van der Waals surface area contributed by atoms with E-state index >= 15 is 0 Å². The molecule has 0 unspecified atom stereocenters. The molecule has 0 amide bonds. The van der Waals surface area contributed by atoms with E-state index in [0.29, 0.717) is 22.0 Å². The van der Waals surface area contributed by atoms with E-state index in [4.69, 9.17) is 0 Å². The lowest BCUT2D eigenvalue weighted by Crippen LogP contribution is -2.48. The van der Waals surface area contributed by atoms with Gasteiger partial charge >= 0.3 is 6.18 Å². The van der Waals surface area contributed by atoms with E-state index < -0.39 is 11.9 Å². The molecule has 1 N–H and O–H groups in total. The molecule has 3 aromatic heterocycles. The van der Waals surface area contributed by atoms with Gasteiger partial charge in [0.25, 0.3) is 0 Å². The first-order valence-electron chi connectivity index (χ1n) is 10.7. The fraction of sp³-hybridized carbons (Fsp3) is 0.524. The summed E-state index contributed by atoms with van der Waals surface area (Å²) in [5.74, 6) is 0.774. The summed E-state index contributed by atoms with van der Waals surface area (Å²) >= 11 is 0.931. The number of hydrogen-bond donors (Lipinski definition) is 1. The molecule has 32 heavy (non-hydrogen) atoms. The van der Waals surface area contributed by atoms with Gasteiger partial charge in [0.15, 0.2) is 11.3 Å². The van der Waals surface area contributed by atoms with Crippen LogP contribution in [0.5, 0.6) is 0 Å². The van der Waals surface area contributed by atoms with Crippen molar-refractivity contribution in [1.82, 2.24) is 29.7 Å². The van der Waals surface area contributed by atoms with Crippen LogP contribution in [0.2, 0.25) is 0 Å². The van der Waals surface area contributed by atoms with Crippen molar-refractivity contribution >= 4 is 23.4 Å². The van der Waals surface area contributed by atoms with Gasteiger partial charge in [-0.2, -0.15) is 13.2 Å². The molecule has 1 aliphatic carbocycles. The van der Waals surface area contributed by atoms with Gasteiger partial charge in [-0.3, -0.25) is 4.40 Å². The van der Waals surface area contributed by atoms with E-state index in [1.54, 1.807) is 12.4 Å². The molecule has 1 aliphatic heterocycles. The van der Waals surface area contributed by atoms with Crippen LogP contribution in [-0.2, 0) is 6.18 Å². The zero-order valence-corrected chi connectivity index (χ0v) is 18.5. The summed E-state index contributed by atoms with van der Waals surface area (Å²) in [5.41, 5.74) is -0.0226. The summed E-state index contributed by atoms with van der Waals surface area (Å²) in [7, 11) is 2.05. The smallest absolute Gasteiger partial charge is 0.342 e. The summed E-state index contributed by atoms with van der Waals surface area (Å²) in [6.45, 7) is 1.80. The highest BCUT2D eigenvalue weighted by Crippen LogP contribution is 2.47. The molecule has 170 valence electrons. The lowest BCUT2D eigenvalue weighted by Gasteiger charge is -2.43. The van der Waals surface area contributed by atoms with E-state index in [-0.39, 0.29) is 4.90 Å². The highest BCUT2D eigenvalue weighted by molar-refractivity contribution is 7.99. The molecule has 5 rings (SSSR count). The normalized spacial score (nSPS) is 21.0. The van der Waals surface area contributed by atoms with Crippen LogP contribution in [0.3, 0.4) is 0 Å². The van der Waals surface area contributed by atoms with Crippen LogP contribution in [0.4, 0.5) is 19.1 Å². The van der Waals surface area contributed by atoms with Crippen LogP contribution < -0.4 is 10.2 Å². The van der Waals surface area contributed by atoms with Crippen molar-refractivity contribution in [1.29, 1.82) is 0 Å². The minimum atomic E-state index is -4.56. The van der Waals surface area contributed by atoms with Gasteiger partial charge < -0.3 is 10.2 Å². The number of halogens is 3. The minimum absolute atomic E-state index is 0.0706. The molecule has 4 heterocycles. The van der Waals surface area contributed by atoms with Crippen molar-refractivity contribution in [2.24, 2.45) is 5.41 Å². The third-order valence-electron chi connectivity index (χ3n) is 6.84. The lowest BCUT2D eigenvalue weighted by atomic mass is 9.74. The second kappa shape index (κ2) is 8.18. The maximum atomic E-state index is 13.3. The molecule has 1 atom stereocenters. The molecular formula is C21H24F3N7S. The summed E-state index contributed by atoms with van der Waals surface area (Å²) in [4.78, 5) is 19.0. The maximum absolute atomic E-state index is 13.3. The molecule has 7 nitrogen and oxygen atoms in total. The Bertz CT molecular complexity index is 1110. The summed E-state index contributed by atoms with van der Waals surface area (Å²) in [6, 6.07) is 0.570. The zero-order chi connectivity index (χ0) is 22.3. The Balaban J connectivity index is 1.41. The highest BCUT2D eigenvalue weighted by atomic mass is 32.2. The van der Waals surface area contributed by atoms with Gasteiger partial charge in [0, 0.05) is 43.9 Å². The van der Waals surface area contributed by atoms with Gasteiger partial charge in [-0.05, 0) is 38.1 Å². The van der Waals surface area contributed by atoms with Crippen LogP contribution in [0, 0.1) is 5.41 Å². The fourth-order valence-corrected chi connectivity index (χ4v) is 6.22. The van der Waals surface area contributed by atoms with E-state index in [2.05, 4.69) is 37.2 Å². The second-order valence-electron chi connectivity index (χ2n) is 8.46. The first kappa shape index (κ1) is 21.4. The molecule has 3 aromatic rings. The number of fused-ring (bicyclic) bond motifs is 1. The number of imidazole rings is 1. The Hall–Kier alpha value is -2.40. The summed E-state index contributed by atoms with van der Waals surface area (Å²) in [6.07, 6.45) is 8.55. The standard InChI is InChI=1S/C21H24F3N7S/c1-25-16-3-2-4-20(16)5-8-30(9-6-20)19-28-12-15(18-27-7-10-31(18)19)32-14-11-26-13-29-17(14)21(22,23)24/h7,10-13,16,25H,2-6,8-9H2,1H3/t16-/m1/s1. The first-order chi connectivity index (χ1) is 15.4. The van der Waals surface area contributed by atoms with E-state index in [1.165, 1.54) is 25.5 Å². The number of piperidine rings is 1. The Kier molecular flexibility index (Phi) is 5.48. The average Bonchev–Trinajstić information content (AvgIpc) is 3.42. The highest BCUT2D eigenvalue weighted by Gasteiger charge is 2.44. The van der Waals surface area contributed by atoms with Crippen molar-refractivity contribution < 1.29 is 13.2 Å². The van der Waals surface area contributed by atoms with Crippen molar-refractivity contribution in [3.05, 3.63) is 36.8 Å². The van der Waals surface area contributed by atoms with Gasteiger partial charge in [0.1, 0.15) is 6.33 Å². The minimum Gasteiger partial charge on any atom is -0.342 e. The molecular weight excluding hydrogens is 439 g/mol. The Labute approximate surface area is 187 Å². The van der Waals surface area contributed by atoms with Crippen LogP contribution in [0.1, 0.15) is 37.8 Å².